The third kappa shape index (κ3) is 4.90. The van der Waals surface area contributed by atoms with Crippen molar-refractivity contribution in [3.8, 4) is 5.75 Å². The molecule has 0 radical (unpaired) electrons. The molecular weight excluding hydrogens is 392 g/mol. The molecule has 0 spiro atoms. The molecule has 164 valence electrons. The van der Waals surface area contributed by atoms with E-state index in [9.17, 15) is 9.59 Å². The maximum Gasteiger partial charge on any atom is 0.227 e. The molecule has 6 heteroatoms. The molecule has 2 aliphatic rings. The average molecular weight is 423 g/mol. The van der Waals surface area contributed by atoms with Crippen LogP contribution >= 0.6 is 0 Å². The minimum absolute atomic E-state index is 0.00522. The van der Waals surface area contributed by atoms with Crippen molar-refractivity contribution in [2.75, 3.05) is 32.2 Å². The summed E-state index contributed by atoms with van der Waals surface area (Å²) in [7, 11) is 1.66. The highest BCUT2D eigenvalue weighted by Crippen LogP contribution is 2.35. The lowest BCUT2D eigenvalue weighted by molar-refractivity contribution is -0.123. The summed E-state index contributed by atoms with van der Waals surface area (Å²) in [6.07, 6.45) is 3.30. The predicted octanol–water partition coefficient (Wildman–Crippen LogP) is 3.45. The van der Waals surface area contributed by atoms with Crippen LogP contribution in [0.25, 0.3) is 0 Å². The predicted molar refractivity (Wildman–Crippen MR) is 119 cm³/mol. The number of rotatable bonds is 7. The molecule has 1 unspecified atom stereocenters. The van der Waals surface area contributed by atoms with Crippen molar-refractivity contribution in [3.63, 3.8) is 0 Å². The van der Waals surface area contributed by atoms with Crippen LogP contribution in [0.3, 0.4) is 0 Å². The van der Waals surface area contributed by atoms with E-state index in [1.807, 2.05) is 36.4 Å². The molecule has 31 heavy (non-hydrogen) atoms. The van der Waals surface area contributed by atoms with Gasteiger partial charge in [0.2, 0.25) is 11.8 Å². The molecule has 2 aromatic rings. The smallest absolute Gasteiger partial charge is 0.227 e. The largest absolute Gasteiger partial charge is 0.497 e. The van der Waals surface area contributed by atoms with E-state index >= 15 is 0 Å². The molecule has 0 aromatic heterocycles. The molecule has 1 saturated heterocycles. The summed E-state index contributed by atoms with van der Waals surface area (Å²) in [5, 5.41) is 6.10. The van der Waals surface area contributed by atoms with Gasteiger partial charge in [-0.05, 0) is 55.0 Å². The van der Waals surface area contributed by atoms with Gasteiger partial charge in [-0.1, -0.05) is 30.3 Å². The van der Waals surface area contributed by atoms with Crippen molar-refractivity contribution in [2.45, 2.75) is 37.5 Å². The Labute approximate surface area is 183 Å². The number of para-hydroxylation sites is 1. The molecule has 6 nitrogen and oxygen atoms in total. The molecule has 2 aromatic carbocycles. The van der Waals surface area contributed by atoms with Crippen LogP contribution in [0, 0.1) is 5.92 Å². The molecule has 2 N–H and O–H groups in total. The molecule has 0 saturated carbocycles. The van der Waals surface area contributed by atoms with E-state index in [1.54, 1.807) is 7.11 Å². The van der Waals surface area contributed by atoms with Crippen molar-refractivity contribution in [3.05, 3.63) is 59.7 Å². The van der Waals surface area contributed by atoms with Crippen LogP contribution in [0.1, 0.15) is 36.8 Å². The number of methoxy groups -OCH3 is 1. The zero-order chi connectivity index (χ0) is 21.7. The second-order valence-corrected chi connectivity index (χ2v) is 8.48. The summed E-state index contributed by atoms with van der Waals surface area (Å²) >= 11 is 0. The van der Waals surface area contributed by atoms with Gasteiger partial charge in [-0.25, -0.2) is 0 Å². The van der Waals surface area contributed by atoms with E-state index in [-0.39, 0.29) is 23.1 Å². The topological polar surface area (TPSA) is 76.7 Å². The van der Waals surface area contributed by atoms with E-state index in [0.29, 0.717) is 39.0 Å². The van der Waals surface area contributed by atoms with E-state index < -0.39 is 0 Å². The second-order valence-electron chi connectivity index (χ2n) is 8.48. The third-order valence-corrected chi connectivity index (χ3v) is 6.61. The van der Waals surface area contributed by atoms with Crippen molar-refractivity contribution < 1.29 is 19.1 Å². The molecule has 1 fully saturated rings. The summed E-state index contributed by atoms with van der Waals surface area (Å²) in [6, 6.07) is 15.9. The standard InChI is InChI=1S/C25H30N2O4/c1-30-21-9-7-20(8-10-21)25(12-14-31-15-13-25)17-26-23(28)11-6-19-16-18-4-2-3-5-22(18)27-24(19)29/h2-5,7-10,19H,6,11-17H2,1H3,(H,26,28)(H,27,29). The summed E-state index contributed by atoms with van der Waals surface area (Å²) in [5.41, 5.74) is 3.07. The number of hydrogen-bond acceptors (Lipinski definition) is 4. The van der Waals surface area contributed by atoms with Crippen molar-refractivity contribution in [1.29, 1.82) is 0 Å². The SMILES string of the molecule is COc1ccc(C2(CNC(=O)CCC3Cc4ccccc4NC3=O)CCOCC2)cc1. The Kier molecular flexibility index (Phi) is 6.56. The Morgan fingerprint density at radius 3 is 2.65 bits per heavy atom. The van der Waals surface area contributed by atoms with Gasteiger partial charge in [-0.3, -0.25) is 9.59 Å². The first-order valence-electron chi connectivity index (χ1n) is 11.0. The van der Waals surface area contributed by atoms with Gasteiger partial charge in [-0.15, -0.1) is 0 Å². The highest BCUT2D eigenvalue weighted by molar-refractivity contribution is 5.96. The zero-order valence-corrected chi connectivity index (χ0v) is 18.0. The average Bonchev–Trinajstić information content (AvgIpc) is 2.82. The summed E-state index contributed by atoms with van der Waals surface area (Å²) in [5.74, 6) is 0.651. The lowest BCUT2D eigenvalue weighted by atomic mass is 9.74. The Morgan fingerprint density at radius 2 is 1.90 bits per heavy atom. The third-order valence-electron chi connectivity index (χ3n) is 6.61. The maximum atomic E-state index is 12.7. The van der Waals surface area contributed by atoms with Gasteiger partial charge in [0.05, 0.1) is 7.11 Å². The number of benzene rings is 2. The van der Waals surface area contributed by atoms with Gasteiger partial charge in [0.25, 0.3) is 0 Å². The molecule has 2 aliphatic heterocycles. The van der Waals surface area contributed by atoms with Crippen molar-refractivity contribution in [2.24, 2.45) is 5.92 Å². The number of fused-ring (bicyclic) bond motifs is 1. The first-order valence-corrected chi connectivity index (χ1v) is 11.0. The normalized spacial score (nSPS) is 19.8. The molecule has 0 aliphatic carbocycles. The van der Waals surface area contributed by atoms with Gasteiger partial charge < -0.3 is 20.1 Å². The van der Waals surface area contributed by atoms with Crippen LogP contribution in [0.4, 0.5) is 5.69 Å². The molecule has 0 bridgehead atoms. The van der Waals surface area contributed by atoms with Crippen molar-refractivity contribution >= 4 is 17.5 Å². The van der Waals surface area contributed by atoms with Crippen LogP contribution in [0.5, 0.6) is 5.75 Å². The minimum atomic E-state index is -0.167. The van der Waals surface area contributed by atoms with Crippen LogP contribution < -0.4 is 15.4 Å². The second kappa shape index (κ2) is 9.52. The maximum absolute atomic E-state index is 12.7. The van der Waals surface area contributed by atoms with Gasteiger partial charge >= 0.3 is 0 Å². The van der Waals surface area contributed by atoms with E-state index in [2.05, 4.69) is 22.8 Å². The Hall–Kier alpha value is -2.86. The highest BCUT2D eigenvalue weighted by Gasteiger charge is 2.35. The number of nitrogens with one attached hydrogen (secondary N) is 2. The first-order chi connectivity index (χ1) is 15.1. The summed E-state index contributed by atoms with van der Waals surface area (Å²) in [6.45, 7) is 1.94. The van der Waals surface area contributed by atoms with Gasteiger partial charge in [-0.2, -0.15) is 0 Å². The molecule has 2 amide bonds. The lowest BCUT2D eigenvalue weighted by Crippen LogP contribution is -2.44. The Balaban J connectivity index is 1.34. The van der Waals surface area contributed by atoms with Crippen LogP contribution in [0.2, 0.25) is 0 Å². The number of amides is 2. The van der Waals surface area contributed by atoms with Crippen molar-refractivity contribution in [1.82, 2.24) is 5.32 Å². The highest BCUT2D eigenvalue weighted by atomic mass is 16.5. The number of carbonyl (C=O) groups is 2. The quantitative estimate of drug-likeness (QED) is 0.717. The molecule has 2 heterocycles. The fourth-order valence-electron chi connectivity index (χ4n) is 4.58. The fourth-order valence-corrected chi connectivity index (χ4v) is 4.58. The van der Waals surface area contributed by atoms with E-state index in [4.69, 9.17) is 9.47 Å². The number of ether oxygens (including phenoxy) is 2. The molecular formula is C25H30N2O4. The van der Waals surface area contributed by atoms with E-state index in [1.165, 1.54) is 5.56 Å². The number of carbonyl (C=O) groups excluding carboxylic acids is 2. The Morgan fingerprint density at radius 1 is 1.16 bits per heavy atom. The lowest BCUT2D eigenvalue weighted by Gasteiger charge is -2.38. The van der Waals surface area contributed by atoms with E-state index in [0.717, 1.165) is 29.8 Å². The number of hydrogen-bond donors (Lipinski definition) is 2. The Bertz CT molecular complexity index is 919. The zero-order valence-electron chi connectivity index (χ0n) is 18.0. The van der Waals surface area contributed by atoms with Crippen LogP contribution in [-0.4, -0.2) is 38.7 Å². The van der Waals surface area contributed by atoms with Crippen LogP contribution in [-0.2, 0) is 26.2 Å². The fraction of sp³-hybridized carbons (Fsp3) is 0.440. The van der Waals surface area contributed by atoms with Gasteiger partial charge in [0.1, 0.15) is 5.75 Å². The number of anilines is 1. The summed E-state index contributed by atoms with van der Waals surface area (Å²) < 4.78 is 10.9. The van der Waals surface area contributed by atoms with Gasteiger partial charge in [0.15, 0.2) is 0 Å². The monoisotopic (exact) mass is 422 g/mol. The van der Waals surface area contributed by atoms with Gasteiger partial charge in [0, 0.05) is 43.2 Å². The molecule has 1 atom stereocenters. The van der Waals surface area contributed by atoms with Crippen LogP contribution in [0.15, 0.2) is 48.5 Å². The minimum Gasteiger partial charge on any atom is -0.497 e. The first kappa shape index (κ1) is 21.4. The molecule has 4 rings (SSSR count). The summed E-state index contributed by atoms with van der Waals surface area (Å²) in [4.78, 5) is 25.1.